The van der Waals surface area contributed by atoms with E-state index < -0.39 is 16.4 Å². The summed E-state index contributed by atoms with van der Waals surface area (Å²) in [4.78, 5) is 45.8. The fraction of sp³-hybridized carbons (Fsp3) is 0.240. The van der Waals surface area contributed by atoms with E-state index in [1.165, 1.54) is 22.8 Å². The Bertz CT molecular complexity index is 1590. The Hall–Kier alpha value is -4.12. The van der Waals surface area contributed by atoms with Crippen molar-refractivity contribution < 1.29 is 14.5 Å². The number of benzene rings is 1. The number of nitrogens with one attached hydrogen (secondary N) is 1. The lowest BCUT2D eigenvalue weighted by Gasteiger charge is -2.10. The van der Waals surface area contributed by atoms with E-state index in [0.29, 0.717) is 22.2 Å². The van der Waals surface area contributed by atoms with Gasteiger partial charge in [0.15, 0.2) is 10.7 Å². The van der Waals surface area contributed by atoms with Crippen molar-refractivity contribution in [2.45, 2.75) is 35.5 Å². The quantitative estimate of drug-likeness (QED) is 0.182. The van der Waals surface area contributed by atoms with Gasteiger partial charge in [-0.3, -0.25) is 24.3 Å². The predicted octanol–water partition coefficient (Wildman–Crippen LogP) is 1.74. The van der Waals surface area contributed by atoms with Crippen molar-refractivity contribution in [2.24, 2.45) is 0 Å². The molecule has 11 nitrogen and oxygen atoms in total. The van der Waals surface area contributed by atoms with Crippen LogP contribution in [0.1, 0.15) is 18.4 Å². The summed E-state index contributed by atoms with van der Waals surface area (Å²) in [5, 5.41) is 24.6. The van der Waals surface area contributed by atoms with Gasteiger partial charge in [-0.2, -0.15) is 5.26 Å². The molecule has 1 atom stereocenters. The first kappa shape index (κ1) is 26.9. The molecule has 1 saturated heterocycles. The largest absolute Gasteiger partial charge is 0.376 e. The minimum Gasteiger partial charge on any atom is -0.376 e. The maximum atomic E-state index is 13.2. The van der Waals surface area contributed by atoms with Crippen molar-refractivity contribution in [3.8, 4) is 6.07 Å². The first-order chi connectivity index (χ1) is 18.4. The highest BCUT2D eigenvalue weighted by molar-refractivity contribution is 7.99. The third-order valence-corrected chi connectivity index (χ3v) is 7.60. The number of hydrogen-bond acceptors (Lipinski definition) is 10. The Morgan fingerprint density at radius 3 is 2.87 bits per heavy atom. The van der Waals surface area contributed by atoms with Crippen LogP contribution in [-0.2, 0) is 16.1 Å². The van der Waals surface area contributed by atoms with Crippen LogP contribution in [0.5, 0.6) is 0 Å². The van der Waals surface area contributed by atoms with Gasteiger partial charge in [-0.25, -0.2) is 9.97 Å². The van der Waals surface area contributed by atoms with Gasteiger partial charge in [0.2, 0.25) is 0 Å². The summed E-state index contributed by atoms with van der Waals surface area (Å²) in [6.07, 6.45) is 7.70. The fourth-order valence-electron chi connectivity index (χ4n) is 3.74. The smallest absolute Gasteiger partial charge is 0.283 e. The molecule has 0 saturated carbocycles. The summed E-state index contributed by atoms with van der Waals surface area (Å²) >= 11 is 2.01. The van der Waals surface area contributed by atoms with Crippen LogP contribution < -0.4 is 20.1 Å². The Morgan fingerprint density at radius 1 is 1.42 bits per heavy atom. The zero-order valence-electron chi connectivity index (χ0n) is 20.0. The predicted molar refractivity (Wildman–Crippen MR) is 142 cm³/mol. The average molecular weight is 551 g/mol. The van der Waals surface area contributed by atoms with E-state index in [0.717, 1.165) is 35.9 Å². The highest BCUT2D eigenvalue weighted by Gasteiger charge is 2.20. The molecule has 194 valence electrons. The summed E-state index contributed by atoms with van der Waals surface area (Å²) in [6.45, 7) is 4.64. The number of allylic oxidation sites excluding steroid dienone is 1. The second-order valence-corrected chi connectivity index (χ2v) is 10.1. The molecule has 1 aliphatic heterocycles. The van der Waals surface area contributed by atoms with E-state index >= 15 is 0 Å². The molecule has 1 fully saturated rings. The highest BCUT2D eigenvalue weighted by Crippen LogP contribution is 2.33. The average Bonchev–Trinajstić information content (AvgIpc) is 3.54. The molecule has 13 heteroatoms. The molecule has 0 bridgehead atoms. The minimum absolute atomic E-state index is 0.0789. The molecule has 0 spiro atoms. The number of nitrogens with zero attached hydrogens (tertiary/aromatic N) is 5. The van der Waals surface area contributed by atoms with Gasteiger partial charge in [-0.05, 0) is 48.4 Å². The van der Waals surface area contributed by atoms with Crippen LogP contribution in [0.3, 0.4) is 0 Å². The number of carbonyl (C=O) groups excluding carboxylic acids is 1. The van der Waals surface area contributed by atoms with Gasteiger partial charge in [-0.1, -0.05) is 12.1 Å². The Balaban J connectivity index is 1.74. The Labute approximate surface area is 225 Å². The van der Waals surface area contributed by atoms with Crippen LogP contribution in [0, 0.1) is 21.4 Å². The lowest BCUT2D eigenvalue weighted by atomic mass is 10.2. The Kier molecular flexibility index (Phi) is 8.80. The molecule has 0 aliphatic carbocycles. The normalized spacial score (nSPS) is 16.1. The summed E-state index contributed by atoms with van der Waals surface area (Å²) in [5.74, 6) is -0.603. The third-order valence-electron chi connectivity index (χ3n) is 5.51. The van der Waals surface area contributed by atoms with Gasteiger partial charge in [0.1, 0.15) is 10.7 Å². The van der Waals surface area contributed by atoms with Crippen molar-refractivity contribution >= 4 is 46.3 Å². The summed E-state index contributed by atoms with van der Waals surface area (Å²) in [7, 11) is 0. The number of ether oxygens (including phenoxy) is 1. The number of aromatic nitrogens is 3. The van der Waals surface area contributed by atoms with Crippen molar-refractivity contribution in [3.05, 3.63) is 84.5 Å². The molecule has 2 aromatic heterocycles. The zero-order valence-corrected chi connectivity index (χ0v) is 21.7. The molecule has 1 N–H and O–H groups in total. The van der Waals surface area contributed by atoms with Gasteiger partial charge < -0.3 is 10.1 Å². The van der Waals surface area contributed by atoms with Crippen LogP contribution in [0.15, 0.2) is 64.2 Å². The molecule has 1 amide bonds. The molecule has 3 heterocycles. The molecule has 4 rings (SSSR count). The van der Waals surface area contributed by atoms with E-state index in [1.807, 2.05) is 6.07 Å². The SMILES string of the molecule is C=CCn1c(=O)/c(=C\c2ccc(Sc3ncccn3)c([N+](=O)[O-])c2)s/c1=C(\C#N)C(=O)NC[C@@H]1CCCO1. The molecule has 0 radical (unpaired) electrons. The van der Waals surface area contributed by atoms with E-state index in [-0.39, 0.29) is 39.6 Å². The van der Waals surface area contributed by atoms with Crippen LogP contribution in [0.4, 0.5) is 5.69 Å². The number of rotatable bonds is 9. The van der Waals surface area contributed by atoms with Gasteiger partial charge >= 0.3 is 0 Å². The highest BCUT2D eigenvalue weighted by atomic mass is 32.2. The number of nitriles is 1. The second kappa shape index (κ2) is 12.4. The number of nitro groups is 1. The van der Waals surface area contributed by atoms with Gasteiger partial charge in [0.05, 0.1) is 20.5 Å². The summed E-state index contributed by atoms with van der Waals surface area (Å²) < 4.78 is 7.19. The van der Waals surface area contributed by atoms with Crippen molar-refractivity contribution in [1.82, 2.24) is 19.9 Å². The monoisotopic (exact) mass is 550 g/mol. The standard InChI is InChI=1S/C25H22N6O5S2/c1-2-10-30-23(33)21(37-24(30)18(14-26)22(32)29-15-17-5-3-11-36-17)13-16-6-7-20(19(12-16)31(34)35)38-25-27-8-4-9-28-25/h2,4,6-9,12-13,17H,1,3,5,10-11,15H2,(H,29,32)/b21-13+,24-18+/t17-/m0/s1. The van der Waals surface area contributed by atoms with Crippen LogP contribution in [-0.4, -0.2) is 44.6 Å². The van der Waals surface area contributed by atoms with E-state index in [9.17, 15) is 25.0 Å². The van der Waals surface area contributed by atoms with Gasteiger partial charge in [-0.15, -0.1) is 17.9 Å². The first-order valence-corrected chi connectivity index (χ1v) is 13.1. The van der Waals surface area contributed by atoms with E-state index in [1.54, 1.807) is 30.6 Å². The number of carbonyl (C=O) groups is 1. The molecule has 1 aromatic carbocycles. The van der Waals surface area contributed by atoms with E-state index in [2.05, 4.69) is 21.9 Å². The van der Waals surface area contributed by atoms with Gasteiger partial charge in [0, 0.05) is 38.2 Å². The van der Waals surface area contributed by atoms with Crippen molar-refractivity contribution in [3.63, 3.8) is 0 Å². The number of hydrogen-bond donors (Lipinski definition) is 1. The molecule has 38 heavy (non-hydrogen) atoms. The topological polar surface area (TPSA) is 153 Å². The second-order valence-electron chi connectivity index (χ2n) is 8.07. The minimum atomic E-state index is -0.603. The number of thiazole rings is 1. The first-order valence-electron chi connectivity index (χ1n) is 11.5. The zero-order chi connectivity index (χ0) is 27.1. The Morgan fingerprint density at radius 2 is 2.21 bits per heavy atom. The maximum absolute atomic E-state index is 13.2. The van der Waals surface area contributed by atoms with Gasteiger partial charge in [0.25, 0.3) is 17.2 Å². The van der Waals surface area contributed by atoms with E-state index in [4.69, 9.17) is 4.74 Å². The number of amides is 1. The maximum Gasteiger partial charge on any atom is 0.283 e. The molecule has 3 aromatic rings. The molecular formula is C25H22N6O5S2. The van der Waals surface area contributed by atoms with Crippen LogP contribution in [0.2, 0.25) is 0 Å². The lowest BCUT2D eigenvalue weighted by molar-refractivity contribution is -0.387. The lowest BCUT2D eigenvalue weighted by Crippen LogP contribution is -2.36. The molecule has 1 aliphatic rings. The molecular weight excluding hydrogens is 528 g/mol. The van der Waals surface area contributed by atoms with Crippen LogP contribution in [0.25, 0.3) is 11.6 Å². The third kappa shape index (κ3) is 6.23. The number of nitro benzene ring substituents is 1. The summed E-state index contributed by atoms with van der Waals surface area (Å²) in [6, 6.07) is 8.11. The fourth-order valence-corrected chi connectivity index (χ4v) is 5.64. The molecule has 0 unspecified atom stereocenters. The van der Waals surface area contributed by atoms with Crippen LogP contribution >= 0.6 is 23.1 Å². The van der Waals surface area contributed by atoms with Crippen molar-refractivity contribution in [2.75, 3.05) is 13.2 Å². The van der Waals surface area contributed by atoms with Crippen molar-refractivity contribution in [1.29, 1.82) is 5.26 Å². The summed E-state index contributed by atoms with van der Waals surface area (Å²) in [5.41, 5.74) is -0.403.